The number of nitrogens with zero attached hydrogens (tertiary/aromatic N) is 5. The van der Waals surface area contributed by atoms with Gasteiger partial charge in [0.05, 0.1) is 11.4 Å². The molecule has 0 bridgehead atoms. The summed E-state index contributed by atoms with van der Waals surface area (Å²) in [5.74, 6) is 1.85. The normalized spacial score (nSPS) is 14.9. The van der Waals surface area contributed by atoms with Crippen molar-refractivity contribution >= 4 is 22.9 Å². The molecule has 40 heavy (non-hydrogen) atoms. The standard InChI is InChI=1S/C27H30N6O3.2C2H6/c1-27(2,3)36-26(34)32-15-7-8-19(16-32)33-25-22(24(28)29-17-30-25)23(31-33)18-11-13-21(14-12-18)35-20-9-5-4-6-10-20;2*1-2/h4-6,9-14,17,19H,7-8,15-16H2,1-3H3,(H2,28,29,30);2*1-2H3. The van der Waals surface area contributed by atoms with E-state index in [0.717, 1.165) is 29.9 Å². The lowest BCUT2D eigenvalue weighted by Crippen LogP contribution is -2.43. The Balaban J connectivity index is 0.00000106. The first-order chi connectivity index (χ1) is 19.3. The fourth-order valence-electron chi connectivity index (χ4n) is 4.40. The van der Waals surface area contributed by atoms with Crippen LogP contribution in [-0.2, 0) is 4.74 Å². The van der Waals surface area contributed by atoms with Crippen molar-refractivity contribution in [3.05, 3.63) is 60.9 Å². The van der Waals surface area contributed by atoms with Gasteiger partial charge in [-0.2, -0.15) is 5.10 Å². The van der Waals surface area contributed by atoms with Crippen LogP contribution in [-0.4, -0.2) is 49.4 Å². The van der Waals surface area contributed by atoms with Crippen LogP contribution in [0, 0.1) is 0 Å². The van der Waals surface area contributed by atoms with E-state index in [1.165, 1.54) is 6.33 Å². The quantitative estimate of drug-likeness (QED) is 0.282. The van der Waals surface area contributed by atoms with Crippen molar-refractivity contribution in [1.29, 1.82) is 0 Å². The molecule has 4 aromatic rings. The van der Waals surface area contributed by atoms with E-state index in [9.17, 15) is 4.79 Å². The summed E-state index contributed by atoms with van der Waals surface area (Å²) in [6.45, 7) is 14.7. The van der Waals surface area contributed by atoms with Crippen LogP contribution in [0.4, 0.5) is 10.6 Å². The molecule has 2 N–H and O–H groups in total. The number of rotatable bonds is 4. The van der Waals surface area contributed by atoms with Crippen molar-refractivity contribution < 1.29 is 14.3 Å². The van der Waals surface area contributed by atoms with Gasteiger partial charge in [0.2, 0.25) is 0 Å². The van der Waals surface area contributed by atoms with E-state index in [2.05, 4.69) is 9.97 Å². The number of carbonyl (C=O) groups is 1. The second kappa shape index (κ2) is 13.8. The minimum absolute atomic E-state index is 0.0579. The number of aromatic nitrogens is 4. The van der Waals surface area contributed by atoms with Crippen molar-refractivity contribution in [2.24, 2.45) is 0 Å². The maximum Gasteiger partial charge on any atom is 0.410 e. The van der Waals surface area contributed by atoms with E-state index in [0.29, 0.717) is 35.6 Å². The maximum atomic E-state index is 12.7. The number of benzene rings is 2. The summed E-state index contributed by atoms with van der Waals surface area (Å²) in [6, 6.07) is 17.3. The summed E-state index contributed by atoms with van der Waals surface area (Å²) in [6.07, 6.45) is 2.84. The molecule has 3 heterocycles. The van der Waals surface area contributed by atoms with E-state index in [1.54, 1.807) is 4.90 Å². The molecular formula is C31H42N6O3. The van der Waals surface area contributed by atoms with Crippen LogP contribution >= 0.6 is 0 Å². The van der Waals surface area contributed by atoms with Crippen LogP contribution in [0.5, 0.6) is 11.5 Å². The van der Waals surface area contributed by atoms with Crippen molar-refractivity contribution in [3.63, 3.8) is 0 Å². The Morgan fingerprint density at radius 2 is 1.60 bits per heavy atom. The molecule has 9 heteroatoms. The number of hydrogen-bond acceptors (Lipinski definition) is 7. The Hall–Kier alpha value is -4.14. The highest BCUT2D eigenvalue weighted by atomic mass is 16.6. The minimum Gasteiger partial charge on any atom is -0.457 e. The Kier molecular flexibility index (Phi) is 10.5. The molecule has 1 unspecified atom stereocenters. The third-order valence-electron chi connectivity index (χ3n) is 6.02. The highest BCUT2D eigenvalue weighted by molar-refractivity contribution is 5.98. The van der Waals surface area contributed by atoms with E-state index in [-0.39, 0.29) is 12.1 Å². The second-order valence-corrected chi connectivity index (χ2v) is 9.91. The van der Waals surface area contributed by atoms with E-state index in [1.807, 2.05) is 108 Å². The smallest absolute Gasteiger partial charge is 0.410 e. The predicted molar refractivity (Wildman–Crippen MR) is 160 cm³/mol. The fraction of sp³-hybridized carbons (Fsp3) is 0.419. The summed E-state index contributed by atoms with van der Waals surface area (Å²) in [5, 5.41) is 5.64. The van der Waals surface area contributed by atoms with Crippen LogP contribution in [0.3, 0.4) is 0 Å². The number of nitrogens with two attached hydrogens (primary N) is 1. The van der Waals surface area contributed by atoms with Crippen LogP contribution in [0.1, 0.15) is 67.3 Å². The molecular weight excluding hydrogens is 504 g/mol. The molecule has 1 atom stereocenters. The number of carbonyl (C=O) groups excluding carboxylic acids is 1. The molecule has 5 rings (SSSR count). The summed E-state index contributed by atoms with van der Waals surface area (Å²) in [7, 11) is 0. The minimum atomic E-state index is -0.548. The third kappa shape index (κ3) is 7.28. The van der Waals surface area contributed by atoms with E-state index < -0.39 is 5.60 Å². The van der Waals surface area contributed by atoms with Gasteiger partial charge < -0.3 is 20.1 Å². The highest BCUT2D eigenvalue weighted by Crippen LogP contribution is 2.35. The lowest BCUT2D eigenvalue weighted by Gasteiger charge is -2.34. The Morgan fingerprint density at radius 3 is 2.25 bits per heavy atom. The van der Waals surface area contributed by atoms with Gasteiger partial charge in [-0.05, 0) is 70.0 Å². The first-order valence-corrected chi connectivity index (χ1v) is 14.1. The molecule has 0 spiro atoms. The molecule has 1 amide bonds. The maximum absolute atomic E-state index is 12.7. The second-order valence-electron chi connectivity index (χ2n) is 9.91. The first-order valence-electron chi connectivity index (χ1n) is 14.1. The van der Waals surface area contributed by atoms with Gasteiger partial charge in [-0.3, -0.25) is 0 Å². The van der Waals surface area contributed by atoms with Crippen molar-refractivity contribution in [2.45, 2.75) is 73.0 Å². The molecule has 0 saturated carbocycles. The monoisotopic (exact) mass is 546 g/mol. The van der Waals surface area contributed by atoms with Crippen LogP contribution in [0.15, 0.2) is 60.9 Å². The van der Waals surface area contributed by atoms with Crippen molar-refractivity contribution in [3.8, 4) is 22.8 Å². The topological polar surface area (TPSA) is 108 Å². The zero-order chi connectivity index (χ0) is 29.3. The van der Waals surface area contributed by atoms with Gasteiger partial charge in [-0.1, -0.05) is 45.9 Å². The molecule has 2 aromatic carbocycles. The van der Waals surface area contributed by atoms with E-state index >= 15 is 0 Å². The van der Waals surface area contributed by atoms with Gasteiger partial charge in [0.1, 0.15) is 34.9 Å². The molecule has 1 saturated heterocycles. The molecule has 9 nitrogen and oxygen atoms in total. The zero-order valence-electron chi connectivity index (χ0n) is 24.7. The molecule has 1 aliphatic rings. The Morgan fingerprint density at radius 1 is 0.950 bits per heavy atom. The molecule has 214 valence electrons. The number of nitrogen functional groups attached to an aromatic ring is 1. The van der Waals surface area contributed by atoms with E-state index in [4.69, 9.17) is 20.3 Å². The molecule has 1 fully saturated rings. The van der Waals surface area contributed by atoms with Crippen LogP contribution in [0.25, 0.3) is 22.3 Å². The number of likely N-dealkylation sites (tertiary alicyclic amines) is 1. The fourth-order valence-corrected chi connectivity index (χ4v) is 4.40. The lowest BCUT2D eigenvalue weighted by molar-refractivity contribution is 0.0169. The van der Waals surface area contributed by atoms with Gasteiger partial charge in [0.25, 0.3) is 0 Å². The first kappa shape index (κ1) is 30.4. The molecule has 2 aromatic heterocycles. The Bertz CT molecular complexity index is 1360. The number of para-hydroxylation sites is 1. The summed E-state index contributed by atoms with van der Waals surface area (Å²) in [5.41, 5.74) is 7.98. The summed E-state index contributed by atoms with van der Waals surface area (Å²) >= 11 is 0. The SMILES string of the molecule is CC.CC.CC(C)(C)OC(=O)N1CCCC(n2nc(-c3ccc(Oc4ccccc4)cc3)c3c(N)ncnc32)C1. The van der Waals surface area contributed by atoms with Crippen LogP contribution < -0.4 is 10.5 Å². The van der Waals surface area contributed by atoms with Gasteiger partial charge in [-0.15, -0.1) is 0 Å². The summed E-state index contributed by atoms with van der Waals surface area (Å²) in [4.78, 5) is 23.2. The third-order valence-corrected chi connectivity index (χ3v) is 6.02. The zero-order valence-corrected chi connectivity index (χ0v) is 24.7. The summed E-state index contributed by atoms with van der Waals surface area (Å²) < 4.78 is 13.4. The number of piperidine rings is 1. The molecule has 0 aliphatic carbocycles. The van der Waals surface area contributed by atoms with Gasteiger partial charge in [0.15, 0.2) is 5.65 Å². The number of ether oxygens (including phenoxy) is 2. The van der Waals surface area contributed by atoms with Gasteiger partial charge in [-0.25, -0.2) is 19.4 Å². The molecule has 0 radical (unpaired) electrons. The average Bonchev–Trinajstić information content (AvgIpc) is 3.36. The largest absolute Gasteiger partial charge is 0.457 e. The van der Waals surface area contributed by atoms with Gasteiger partial charge in [0, 0.05) is 18.7 Å². The number of fused-ring (bicyclic) bond motifs is 1. The average molecular weight is 547 g/mol. The van der Waals surface area contributed by atoms with Crippen molar-refractivity contribution in [2.75, 3.05) is 18.8 Å². The predicted octanol–water partition coefficient (Wildman–Crippen LogP) is 7.49. The van der Waals surface area contributed by atoms with Crippen LogP contribution in [0.2, 0.25) is 0 Å². The lowest BCUT2D eigenvalue weighted by atomic mass is 10.1. The highest BCUT2D eigenvalue weighted by Gasteiger charge is 2.31. The number of hydrogen-bond donors (Lipinski definition) is 1. The number of amides is 1. The molecule has 1 aliphatic heterocycles. The number of anilines is 1. The van der Waals surface area contributed by atoms with Gasteiger partial charge >= 0.3 is 6.09 Å². The Labute approximate surface area is 237 Å². The van der Waals surface area contributed by atoms with Crippen molar-refractivity contribution in [1.82, 2.24) is 24.6 Å².